The molecular weight excluding hydrogens is 303 g/mol. The lowest BCUT2D eigenvalue weighted by Gasteiger charge is -2.34. The highest BCUT2D eigenvalue weighted by Crippen LogP contribution is 2.28. The summed E-state index contributed by atoms with van der Waals surface area (Å²) < 4.78 is 14.0. The maximum absolute atomic E-state index is 12.9. The van der Waals surface area contributed by atoms with Crippen LogP contribution in [0.3, 0.4) is 0 Å². The number of anilines is 2. The van der Waals surface area contributed by atoms with Crippen LogP contribution in [0.2, 0.25) is 0 Å². The predicted octanol–water partition coefficient (Wildman–Crippen LogP) is 1.95. The molecule has 8 heteroatoms. The molecule has 3 aromatic rings. The van der Waals surface area contributed by atoms with Crippen LogP contribution in [0, 0.1) is 5.82 Å². The van der Waals surface area contributed by atoms with Crippen LogP contribution in [0.5, 0.6) is 0 Å². The van der Waals surface area contributed by atoms with E-state index in [0.29, 0.717) is 5.95 Å². The Morgan fingerprint density at radius 3 is 2.45 bits per heavy atom. The van der Waals surface area contributed by atoms with Crippen molar-refractivity contribution >= 4 is 32.6 Å². The Hall–Kier alpha value is -2.35. The molecule has 6 nitrogen and oxygen atoms in total. The van der Waals surface area contributed by atoms with Gasteiger partial charge >= 0.3 is 0 Å². The van der Waals surface area contributed by atoms with Gasteiger partial charge in [0.25, 0.3) is 0 Å². The molecule has 0 radical (unpaired) electrons. The van der Waals surface area contributed by atoms with E-state index in [1.165, 1.54) is 12.4 Å². The minimum atomic E-state index is -0.412. The first kappa shape index (κ1) is 13.3. The first-order valence-corrected chi connectivity index (χ1v) is 7.79. The van der Waals surface area contributed by atoms with E-state index in [1.807, 2.05) is 6.07 Å². The normalized spacial score (nSPS) is 15.5. The van der Waals surface area contributed by atoms with Crippen molar-refractivity contribution in [2.45, 2.75) is 0 Å². The standard InChI is InChI=1S/C14H13FN6S/c15-10-7-17-13(18-8-10)20-3-5-21(6-4-20)14-19-11-9-16-2-1-12(11)22-14/h1-2,7-9H,3-6H2. The van der Waals surface area contributed by atoms with Crippen LogP contribution in [0.25, 0.3) is 10.2 Å². The van der Waals surface area contributed by atoms with E-state index in [9.17, 15) is 4.39 Å². The van der Waals surface area contributed by atoms with Gasteiger partial charge in [0.2, 0.25) is 5.95 Å². The Morgan fingerprint density at radius 1 is 1.00 bits per heavy atom. The van der Waals surface area contributed by atoms with Crippen LogP contribution < -0.4 is 9.80 Å². The summed E-state index contributed by atoms with van der Waals surface area (Å²) in [4.78, 5) is 21.1. The van der Waals surface area contributed by atoms with Crippen LogP contribution >= 0.6 is 11.3 Å². The van der Waals surface area contributed by atoms with Crippen molar-refractivity contribution in [2.24, 2.45) is 0 Å². The molecule has 0 unspecified atom stereocenters. The van der Waals surface area contributed by atoms with E-state index >= 15 is 0 Å². The number of aromatic nitrogens is 4. The number of pyridine rings is 1. The van der Waals surface area contributed by atoms with Crippen molar-refractivity contribution in [2.75, 3.05) is 36.0 Å². The summed E-state index contributed by atoms with van der Waals surface area (Å²) in [5.41, 5.74) is 0.937. The lowest BCUT2D eigenvalue weighted by molar-refractivity contribution is 0.602. The zero-order valence-corrected chi connectivity index (χ0v) is 12.5. The van der Waals surface area contributed by atoms with E-state index in [0.717, 1.165) is 41.5 Å². The number of thiazole rings is 1. The summed E-state index contributed by atoms with van der Waals surface area (Å²) in [5.74, 6) is 0.167. The second-order valence-corrected chi connectivity index (χ2v) is 6.02. The molecule has 0 aliphatic carbocycles. The van der Waals surface area contributed by atoms with Gasteiger partial charge in [-0.25, -0.2) is 19.3 Å². The summed E-state index contributed by atoms with van der Waals surface area (Å²) in [6, 6.07) is 1.99. The minimum absolute atomic E-state index is 0.412. The highest BCUT2D eigenvalue weighted by molar-refractivity contribution is 7.22. The molecule has 0 spiro atoms. The SMILES string of the molecule is Fc1cnc(N2CCN(c3nc4cnccc4s3)CC2)nc1. The van der Waals surface area contributed by atoms with Crippen molar-refractivity contribution < 1.29 is 4.39 Å². The van der Waals surface area contributed by atoms with E-state index < -0.39 is 5.82 Å². The second-order valence-electron chi connectivity index (χ2n) is 5.02. The molecule has 112 valence electrons. The molecule has 1 fully saturated rings. The molecule has 0 bridgehead atoms. The molecule has 0 amide bonds. The van der Waals surface area contributed by atoms with E-state index in [2.05, 4.69) is 29.7 Å². The molecule has 1 aliphatic rings. The van der Waals surface area contributed by atoms with E-state index in [-0.39, 0.29) is 0 Å². The van der Waals surface area contributed by atoms with Gasteiger partial charge in [-0.3, -0.25) is 4.98 Å². The van der Waals surface area contributed by atoms with Crippen molar-refractivity contribution in [1.29, 1.82) is 0 Å². The first-order chi connectivity index (χ1) is 10.8. The van der Waals surface area contributed by atoms with Crippen molar-refractivity contribution in [1.82, 2.24) is 19.9 Å². The molecule has 1 aliphatic heterocycles. The van der Waals surface area contributed by atoms with Crippen LogP contribution in [0.4, 0.5) is 15.5 Å². The fourth-order valence-electron chi connectivity index (χ4n) is 2.47. The number of fused-ring (bicyclic) bond motifs is 1. The number of hydrogen-bond donors (Lipinski definition) is 0. The highest BCUT2D eigenvalue weighted by Gasteiger charge is 2.21. The molecule has 0 N–H and O–H groups in total. The average molecular weight is 316 g/mol. The molecule has 22 heavy (non-hydrogen) atoms. The molecule has 3 aromatic heterocycles. The minimum Gasteiger partial charge on any atom is -0.345 e. The van der Waals surface area contributed by atoms with Crippen molar-refractivity contribution in [3.63, 3.8) is 0 Å². The van der Waals surface area contributed by atoms with Gasteiger partial charge in [-0.1, -0.05) is 11.3 Å². The quantitative estimate of drug-likeness (QED) is 0.720. The smallest absolute Gasteiger partial charge is 0.225 e. The molecular formula is C14H13FN6S. The van der Waals surface area contributed by atoms with Gasteiger partial charge in [0.05, 0.1) is 23.3 Å². The van der Waals surface area contributed by atoms with E-state index in [4.69, 9.17) is 0 Å². The lowest BCUT2D eigenvalue weighted by atomic mass is 10.3. The fraction of sp³-hybridized carbons (Fsp3) is 0.286. The maximum atomic E-state index is 12.9. The third-order valence-electron chi connectivity index (χ3n) is 3.62. The zero-order chi connectivity index (χ0) is 14.9. The van der Waals surface area contributed by atoms with Crippen LogP contribution in [-0.2, 0) is 0 Å². The van der Waals surface area contributed by atoms with Crippen LogP contribution in [0.15, 0.2) is 30.9 Å². The first-order valence-electron chi connectivity index (χ1n) is 6.97. The maximum Gasteiger partial charge on any atom is 0.225 e. The molecule has 4 heterocycles. The number of halogens is 1. The van der Waals surface area contributed by atoms with Gasteiger partial charge in [0.1, 0.15) is 5.52 Å². The molecule has 1 saturated heterocycles. The van der Waals surface area contributed by atoms with Gasteiger partial charge in [-0.15, -0.1) is 0 Å². The molecule has 0 aromatic carbocycles. The number of rotatable bonds is 2. The third-order valence-corrected chi connectivity index (χ3v) is 4.72. The average Bonchev–Trinajstić information content (AvgIpc) is 3.00. The van der Waals surface area contributed by atoms with Crippen molar-refractivity contribution in [3.05, 3.63) is 36.7 Å². The fourth-order valence-corrected chi connectivity index (χ4v) is 3.45. The number of piperazine rings is 1. The van der Waals surface area contributed by atoms with Gasteiger partial charge < -0.3 is 9.80 Å². The Labute approximate surface area is 130 Å². The Bertz CT molecular complexity index is 748. The second kappa shape index (κ2) is 5.45. The molecule has 0 atom stereocenters. The van der Waals surface area contributed by atoms with Crippen LogP contribution in [0.1, 0.15) is 0 Å². The largest absolute Gasteiger partial charge is 0.345 e. The van der Waals surface area contributed by atoms with Crippen LogP contribution in [-0.4, -0.2) is 46.1 Å². The summed E-state index contributed by atoms with van der Waals surface area (Å²) in [5, 5.41) is 1.02. The highest BCUT2D eigenvalue weighted by atomic mass is 32.1. The number of hydrogen-bond acceptors (Lipinski definition) is 7. The van der Waals surface area contributed by atoms with Gasteiger partial charge in [-0.05, 0) is 6.07 Å². The van der Waals surface area contributed by atoms with E-state index in [1.54, 1.807) is 23.7 Å². The summed E-state index contributed by atoms with van der Waals surface area (Å²) in [7, 11) is 0. The van der Waals surface area contributed by atoms with Crippen molar-refractivity contribution in [3.8, 4) is 0 Å². The topological polar surface area (TPSA) is 58.0 Å². The third kappa shape index (κ3) is 2.45. The lowest BCUT2D eigenvalue weighted by Crippen LogP contribution is -2.47. The Morgan fingerprint density at radius 2 is 1.73 bits per heavy atom. The molecule has 0 saturated carbocycles. The monoisotopic (exact) mass is 316 g/mol. The zero-order valence-electron chi connectivity index (χ0n) is 11.7. The van der Waals surface area contributed by atoms with Gasteiger partial charge in [-0.2, -0.15) is 0 Å². The Balaban J connectivity index is 1.48. The van der Waals surface area contributed by atoms with Gasteiger partial charge in [0.15, 0.2) is 10.9 Å². The predicted molar refractivity (Wildman–Crippen MR) is 83.8 cm³/mol. The van der Waals surface area contributed by atoms with Gasteiger partial charge in [0, 0.05) is 32.4 Å². The Kier molecular flexibility index (Phi) is 3.30. The summed E-state index contributed by atoms with van der Waals surface area (Å²) in [6.45, 7) is 3.27. The summed E-state index contributed by atoms with van der Waals surface area (Å²) >= 11 is 1.68. The molecule has 4 rings (SSSR count). The number of nitrogens with zero attached hydrogens (tertiary/aromatic N) is 6. The summed E-state index contributed by atoms with van der Waals surface area (Å²) in [6.07, 6.45) is 5.98.